The Morgan fingerprint density at radius 2 is 2.09 bits per heavy atom. The average Bonchev–Trinajstić information content (AvgIpc) is 2.88. The van der Waals surface area contributed by atoms with Crippen molar-refractivity contribution in [2.45, 2.75) is 55.4 Å². The zero-order chi connectivity index (χ0) is 17.0. The number of hydrogen-bond donors (Lipinski definition) is 2. The third kappa shape index (κ3) is 5.25. The van der Waals surface area contributed by atoms with E-state index in [4.69, 9.17) is 4.74 Å². The molecule has 0 fully saturated rings. The molecule has 0 saturated heterocycles. The van der Waals surface area contributed by atoms with Crippen LogP contribution < -0.4 is 5.32 Å². The normalized spacial score (nSPS) is 18.3. The predicted octanol–water partition coefficient (Wildman–Crippen LogP) is 2.48. The van der Waals surface area contributed by atoms with Crippen molar-refractivity contribution in [1.29, 1.82) is 0 Å². The van der Waals surface area contributed by atoms with E-state index in [9.17, 15) is 14.7 Å². The highest BCUT2D eigenvalue weighted by atomic mass is 32.2. The maximum atomic E-state index is 12.4. The molecule has 1 heterocycles. The molecule has 2 rings (SSSR count). The number of benzene rings is 1. The van der Waals surface area contributed by atoms with Crippen LogP contribution in [-0.4, -0.2) is 40.5 Å². The Bertz CT molecular complexity index is 557. The molecule has 0 aromatic heterocycles. The van der Waals surface area contributed by atoms with Gasteiger partial charge in [-0.25, -0.2) is 4.79 Å². The fourth-order valence-electron chi connectivity index (χ4n) is 2.33. The second-order valence-electron chi connectivity index (χ2n) is 6.57. The van der Waals surface area contributed by atoms with Crippen LogP contribution in [0.3, 0.4) is 0 Å². The van der Waals surface area contributed by atoms with Crippen LogP contribution in [0.5, 0.6) is 0 Å². The lowest BCUT2D eigenvalue weighted by Crippen LogP contribution is -2.45. The predicted molar refractivity (Wildman–Crippen MR) is 89.7 cm³/mol. The number of carbonyl (C=O) groups is 2. The zero-order valence-corrected chi connectivity index (χ0v) is 14.5. The number of amides is 1. The Balaban J connectivity index is 1.88. The van der Waals surface area contributed by atoms with Gasteiger partial charge >= 0.3 is 5.97 Å². The quantitative estimate of drug-likeness (QED) is 0.834. The molecule has 0 aliphatic carbocycles. The summed E-state index contributed by atoms with van der Waals surface area (Å²) < 4.78 is 5.55. The number of carbonyl (C=O) groups excluding carboxylic acids is 1. The molecular weight excluding hydrogens is 314 g/mol. The summed E-state index contributed by atoms with van der Waals surface area (Å²) in [5.41, 5.74) is 0.816. The molecule has 1 aromatic carbocycles. The van der Waals surface area contributed by atoms with Gasteiger partial charge in [0, 0.05) is 17.9 Å². The molecule has 23 heavy (non-hydrogen) atoms. The topological polar surface area (TPSA) is 75.6 Å². The molecule has 0 spiro atoms. The van der Waals surface area contributed by atoms with Gasteiger partial charge in [-0.2, -0.15) is 0 Å². The van der Waals surface area contributed by atoms with E-state index in [1.165, 1.54) is 11.8 Å². The molecule has 1 amide bonds. The summed E-state index contributed by atoms with van der Waals surface area (Å²) in [5.74, 6) is -1.26. The third-order valence-electron chi connectivity index (χ3n) is 3.50. The van der Waals surface area contributed by atoms with Crippen molar-refractivity contribution in [1.82, 2.24) is 5.32 Å². The van der Waals surface area contributed by atoms with Crippen molar-refractivity contribution in [3.63, 3.8) is 0 Å². The van der Waals surface area contributed by atoms with E-state index in [2.05, 4.69) is 5.32 Å². The first-order valence-electron chi connectivity index (χ1n) is 7.68. The number of carboxylic acid groups (broad SMARTS) is 1. The Morgan fingerprint density at radius 1 is 1.39 bits per heavy atom. The first kappa shape index (κ1) is 17.8. The highest BCUT2D eigenvalue weighted by Crippen LogP contribution is 2.36. The Morgan fingerprint density at radius 3 is 2.70 bits per heavy atom. The van der Waals surface area contributed by atoms with Gasteiger partial charge in [-0.15, -0.1) is 11.8 Å². The van der Waals surface area contributed by atoms with Gasteiger partial charge < -0.3 is 15.2 Å². The summed E-state index contributed by atoms with van der Waals surface area (Å²) in [6, 6.07) is 6.95. The number of nitrogens with one attached hydrogen (secondary N) is 1. The number of aliphatic carboxylic acids is 1. The molecule has 2 N–H and O–H groups in total. The lowest BCUT2D eigenvalue weighted by molar-refractivity contribution is -0.142. The lowest BCUT2D eigenvalue weighted by atomic mass is 10.1. The monoisotopic (exact) mass is 337 g/mol. The summed E-state index contributed by atoms with van der Waals surface area (Å²) in [6.07, 6.45) is 0.889. The second-order valence-corrected chi connectivity index (χ2v) is 7.81. The van der Waals surface area contributed by atoms with Crippen molar-refractivity contribution < 1.29 is 19.4 Å². The minimum Gasteiger partial charge on any atom is -0.480 e. The maximum Gasteiger partial charge on any atom is 0.326 e. The molecule has 0 bridgehead atoms. The van der Waals surface area contributed by atoms with Gasteiger partial charge in [0.05, 0.1) is 10.9 Å². The van der Waals surface area contributed by atoms with E-state index in [1.54, 1.807) is 0 Å². The first-order chi connectivity index (χ1) is 10.8. The third-order valence-corrected chi connectivity index (χ3v) is 4.81. The summed E-state index contributed by atoms with van der Waals surface area (Å²) in [6.45, 7) is 6.02. The van der Waals surface area contributed by atoms with Crippen LogP contribution in [-0.2, 0) is 20.7 Å². The van der Waals surface area contributed by atoms with Crippen LogP contribution in [0.2, 0.25) is 0 Å². The molecule has 2 atom stereocenters. The van der Waals surface area contributed by atoms with Gasteiger partial charge in [0.15, 0.2) is 0 Å². The average molecular weight is 337 g/mol. The highest BCUT2D eigenvalue weighted by Gasteiger charge is 2.31. The standard InChI is InChI=1S/C17H23NO4S/c1-17(2,3)22-9-8-12(16(20)21)18-15(19)14-10-11-6-4-5-7-13(11)23-14/h4-7,12,14H,8-10H2,1-3H3,(H,18,19)(H,20,21). The smallest absolute Gasteiger partial charge is 0.326 e. The number of hydrogen-bond acceptors (Lipinski definition) is 4. The molecule has 5 nitrogen and oxygen atoms in total. The first-order valence-corrected chi connectivity index (χ1v) is 8.56. The molecule has 6 heteroatoms. The number of fused-ring (bicyclic) bond motifs is 1. The van der Waals surface area contributed by atoms with E-state index in [1.807, 2.05) is 45.0 Å². The largest absolute Gasteiger partial charge is 0.480 e. The Labute approximate surface area is 140 Å². The van der Waals surface area contributed by atoms with Crippen LogP contribution >= 0.6 is 11.8 Å². The number of thioether (sulfide) groups is 1. The van der Waals surface area contributed by atoms with E-state index in [0.717, 1.165) is 10.5 Å². The van der Waals surface area contributed by atoms with Gasteiger partial charge in [0.2, 0.25) is 5.91 Å². The van der Waals surface area contributed by atoms with E-state index >= 15 is 0 Å². The van der Waals surface area contributed by atoms with Crippen molar-refractivity contribution in [2.75, 3.05) is 6.61 Å². The van der Waals surface area contributed by atoms with Crippen LogP contribution in [0.25, 0.3) is 0 Å². The Hall–Kier alpha value is -1.53. The summed E-state index contributed by atoms with van der Waals surface area (Å²) >= 11 is 1.49. The molecule has 126 valence electrons. The molecule has 0 radical (unpaired) electrons. The van der Waals surface area contributed by atoms with Crippen LogP contribution in [0, 0.1) is 0 Å². The van der Waals surface area contributed by atoms with E-state index < -0.39 is 12.0 Å². The summed E-state index contributed by atoms with van der Waals surface area (Å²) in [7, 11) is 0. The van der Waals surface area contributed by atoms with Crippen molar-refractivity contribution in [2.24, 2.45) is 0 Å². The highest BCUT2D eigenvalue weighted by molar-refractivity contribution is 8.01. The lowest BCUT2D eigenvalue weighted by Gasteiger charge is -2.22. The number of carboxylic acids is 1. The molecule has 1 aromatic rings. The number of rotatable bonds is 6. The van der Waals surface area contributed by atoms with Crippen LogP contribution in [0.4, 0.5) is 0 Å². The van der Waals surface area contributed by atoms with Crippen molar-refractivity contribution >= 4 is 23.6 Å². The van der Waals surface area contributed by atoms with Gasteiger partial charge in [-0.3, -0.25) is 4.79 Å². The van der Waals surface area contributed by atoms with Crippen molar-refractivity contribution in [3.05, 3.63) is 29.8 Å². The van der Waals surface area contributed by atoms with Crippen molar-refractivity contribution in [3.8, 4) is 0 Å². The van der Waals surface area contributed by atoms with E-state index in [-0.39, 0.29) is 23.2 Å². The Kier molecular flexibility index (Phi) is 5.70. The summed E-state index contributed by atoms with van der Waals surface area (Å²) in [4.78, 5) is 24.8. The zero-order valence-electron chi connectivity index (χ0n) is 13.7. The van der Waals surface area contributed by atoms with Gasteiger partial charge in [0.25, 0.3) is 0 Å². The molecule has 1 aliphatic heterocycles. The van der Waals surface area contributed by atoms with Crippen LogP contribution in [0.1, 0.15) is 32.8 Å². The second kappa shape index (κ2) is 7.36. The van der Waals surface area contributed by atoms with Gasteiger partial charge in [0.1, 0.15) is 6.04 Å². The van der Waals surface area contributed by atoms with E-state index in [0.29, 0.717) is 13.0 Å². The number of ether oxygens (including phenoxy) is 1. The molecule has 0 saturated carbocycles. The van der Waals surface area contributed by atoms with Gasteiger partial charge in [-0.05, 0) is 38.8 Å². The van der Waals surface area contributed by atoms with Crippen LogP contribution in [0.15, 0.2) is 29.2 Å². The fourth-order valence-corrected chi connectivity index (χ4v) is 3.54. The molecular formula is C17H23NO4S. The fraction of sp³-hybridized carbons (Fsp3) is 0.529. The summed E-state index contributed by atoms with van der Waals surface area (Å²) in [5, 5.41) is 11.7. The minimum atomic E-state index is -1.03. The molecule has 1 aliphatic rings. The minimum absolute atomic E-state index is 0.227. The SMILES string of the molecule is CC(C)(C)OCCC(NC(=O)C1Cc2ccccc2S1)C(=O)O. The van der Waals surface area contributed by atoms with Gasteiger partial charge in [-0.1, -0.05) is 18.2 Å². The maximum absolute atomic E-state index is 12.4. The molecule has 2 unspecified atom stereocenters.